The summed E-state index contributed by atoms with van der Waals surface area (Å²) in [5.74, 6) is 0.955. The predicted octanol–water partition coefficient (Wildman–Crippen LogP) is 6.63. The van der Waals surface area contributed by atoms with Gasteiger partial charge in [-0.2, -0.15) is 0 Å². The van der Waals surface area contributed by atoms with E-state index in [-0.39, 0.29) is 0 Å². The summed E-state index contributed by atoms with van der Waals surface area (Å²) < 4.78 is 5.74. The monoisotopic (exact) mass is 344 g/mol. The molecule has 3 rings (SSSR count). The molecular formula is C25H28O. The van der Waals surface area contributed by atoms with Gasteiger partial charge in [0.1, 0.15) is 5.75 Å². The molecule has 0 saturated heterocycles. The van der Waals surface area contributed by atoms with Gasteiger partial charge in [0, 0.05) is 0 Å². The van der Waals surface area contributed by atoms with Crippen LogP contribution < -0.4 is 4.74 Å². The van der Waals surface area contributed by atoms with Crippen LogP contribution in [0.2, 0.25) is 0 Å². The van der Waals surface area contributed by atoms with Crippen molar-refractivity contribution >= 4 is 0 Å². The van der Waals surface area contributed by atoms with Crippen molar-refractivity contribution in [2.75, 3.05) is 6.61 Å². The molecule has 0 atom stereocenters. The van der Waals surface area contributed by atoms with Crippen LogP contribution in [0.1, 0.15) is 36.5 Å². The van der Waals surface area contributed by atoms with E-state index in [9.17, 15) is 0 Å². The SMILES string of the molecule is CCCCOc1ccc(-c2ccc(CCc3ccc(C)cc3)cc2)cc1. The molecule has 0 aliphatic carbocycles. The van der Waals surface area contributed by atoms with Crippen molar-refractivity contribution < 1.29 is 4.74 Å². The summed E-state index contributed by atoms with van der Waals surface area (Å²) in [6.45, 7) is 5.11. The van der Waals surface area contributed by atoms with Crippen LogP contribution in [-0.2, 0) is 12.8 Å². The zero-order chi connectivity index (χ0) is 18.2. The highest BCUT2D eigenvalue weighted by Crippen LogP contribution is 2.23. The summed E-state index contributed by atoms with van der Waals surface area (Å²) in [6, 6.07) is 26.2. The molecule has 1 heteroatoms. The van der Waals surface area contributed by atoms with Crippen LogP contribution in [0.25, 0.3) is 11.1 Å². The van der Waals surface area contributed by atoms with Gasteiger partial charge < -0.3 is 4.74 Å². The first-order valence-corrected chi connectivity index (χ1v) is 9.62. The Morgan fingerprint density at radius 2 is 1.15 bits per heavy atom. The van der Waals surface area contributed by atoms with Gasteiger partial charge in [-0.25, -0.2) is 0 Å². The molecule has 0 spiro atoms. The largest absolute Gasteiger partial charge is 0.494 e. The van der Waals surface area contributed by atoms with Gasteiger partial charge in [0.15, 0.2) is 0 Å². The molecule has 3 aromatic rings. The van der Waals surface area contributed by atoms with Gasteiger partial charge >= 0.3 is 0 Å². The quantitative estimate of drug-likeness (QED) is 0.417. The standard InChI is InChI=1S/C25H28O/c1-3-4-19-26-25-17-15-24(16-18-25)23-13-11-22(12-14-23)10-9-21-7-5-20(2)6-8-21/h5-8,11-18H,3-4,9-10,19H2,1-2H3. The highest BCUT2D eigenvalue weighted by molar-refractivity contribution is 5.64. The molecule has 0 bridgehead atoms. The Hall–Kier alpha value is -2.54. The molecule has 0 N–H and O–H groups in total. The van der Waals surface area contributed by atoms with Gasteiger partial charge in [-0.3, -0.25) is 0 Å². The van der Waals surface area contributed by atoms with Crippen molar-refractivity contribution in [3.05, 3.63) is 89.5 Å². The van der Waals surface area contributed by atoms with Gasteiger partial charge in [-0.1, -0.05) is 79.6 Å². The van der Waals surface area contributed by atoms with E-state index < -0.39 is 0 Å². The molecule has 3 aromatic carbocycles. The summed E-state index contributed by atoms with van der Waals surface area (Å²) in [5, 5.41) is 0. The molecular weight excluding hydrogens is 316 g/mol. The first-order valence-electron chi connectivity index (χ1n) is 9.62. The van der Waals surface area contributed by atoms with Crippen molar-refractivity contribution in [3.8, 4) is 16.9 Å². The summed E-state index contributed by atoms with van der Waals surface area (Å²) in [4.78, 5) is 0. The number of hydrogen-bond donors (Lipinski definition) is 0. The molecule has 134 valence electrons. The second-order valence-electron chi connectivity index (χ2n) is 6.91. The zero-order valence-electron chi connectivity index (χ0n) is 15.9. The van der Waals surface area contributed by atoms with Gasteiger partial charge in [0.05, 0.1) is 6.61 Å². The van der Waals surface area contributed by atoms with Crippen LogP contribution in [0.15, 0.2) is 72.8 Å². The minimum absolute atomic E-state index is 0.797. The molecule has 0 heterocycles. The fraction of sp³-hybridized carbons (Fsp3) is 0.280. The Morgan fingerprint density at radius 3 is 1.69 bits per heavy atom. The van der Waals surface area contributed by atoms with Gasteiger partial charge in [0.25, 0.3) is 0 Å². The van der Waals surface area contributed by atoms with Crippen LogP contribution in [0, 0.1) is 6.92 Å². The summed E-state index contributed by atoms with van der Waals surface area (Å²) in [6.07, 6.45) is 4.43. The van der Waals surface area contributed by atoms with Crippen molar-refractivity contribution in [2.45, 2.75) is 39.5 Å². The van der Waals surface area contributed by atoms with Crippen LogP contribution in [-0.4, -0.2) is 6.61 Å². The third-order valence-corrected chi connectivity index (χ3v) is 4.73. The molecule has 0 unspecified atom stereocenters. The van der Waals surface area contributed by atoms with Crippen molar-refractivity contribution in [2.24, 2.45) is 0 Å². The van der Waals surface area contributed by atoms with E-state index in [1.54, 1.807) is 0 Å². The Bertz CT molecular complexity index is 783. The molecule has 0 aromatic heterocycles. The maximum atomic E-state index is 5.74. The van der Waals surface area contributed by atoms with Gasteiger partial charge in [-0.15, -0.1) is 0 Å². The van der Waals surface area contributed by atoms with Crippen molar-refractivity contribution in [1.82, 2.24) is 0 Å². The molecule has 1 nitrogen and oxygen atoms in total. The Balaban J connectivity index is 1.57. The van der Waals surface area contributed by atoms with Crippen LogP contribution in [0.3, 0.4) is 0 Å². The molecule has 0 radical (unpaired) electrons. The van der Waals surface area contributed by atoms with Crippen LogP contribution >= 0.6 is 0 Å². The van der Waals surface area contributed by atoms with Crippen LogP contribution in [0.5, 0.6) is 5.75 Å². The normalized spacial score (nSPS) is 10.7. The lowest BCUT2D eigenvalue weighted by Gasteiger charge is -2.08. The second kappa shape index (κ2) is 9.24. The molecule has 26 heavy (non-hydrogen) atoms. The summed E-state index contributed by atoms with van der Waals surface area (Å²) in [7, 11) is 0. The van der Waals surface area contributed by atoms with E-state index in [0.717, 1.165) is 38.0 Å². The lowest BCUT2D eigenvalue weighted by atomic mass is 10.00. The van der Waals surface area contributed by atoms with Crippen molar-refractivity contribution in [3.63, 3.8) is 0 Å². The first-order chi connectivity index (χ1) is 12.7. The second-order valence-corrected chi connectivity index (χ2v) is 6.91. The third-order valence-electron chi connectivity index (χ3n) is 4.73. The first kappa shape index (κ1) is 18.3. The molecule has 0 aliphatic rings. The number of ether oxygens (including phenoxy) is 1. The fourth-order valence-electron chi connectivity index (χ4n) is 2.99. The number of benzene rings is 3. The van der Waals surface area contributed by atoms with E-state index in [2.05, 4.69) is 86.6 Å². The highest BCUT2D eigenvalue weighted by atomic mass is 16.5. The predicted molar refractivity (Wildman–Crippen MR) is 111 cm³/mol. The number of aryl methyl sites for hydroxylation is 3. The average Bonchev–Trinajstić information content (AvgIpc) is 2.69. The van der Waals surface area contributed by atoms with E-state index >= 15 is 0 Å². The average molecular weight is 344 g/mol. The Kier molecular flexibility index (Phi) is 6.49. The summed E-state index contributed by atoms with van der Waals surface area (Å²) in [5.41, 5.74) is 6.59. The molecule has 0 aliphatic heterocycles. The fourth-order valence-corrected chi connectivity index (χ4v) is 2.99. The van der Waals surface area contributed by atoms with E-state index in [1.807, 2.05) is 0 Å². The number of rotatable bonds is 8. The maximum absolute atomic E-state index is 5.74. The topological polar surface area (TPSA) is 9.23 Å². The number of unbranched alkanes of at least 4 members (excludes halogenated alkanes) is 1. The molecule has 0 fully saturated rings. The highest BCUT2D eigenvalue weighted by Gasteiger charge is 2.01. The maximum Gasteiger partial charge on any atom is 0.119 e. The Labute approximate surface area is 157 Å². The lowest BCUT2D eigenvalue weighted by molar-refractivity contribution is 0.309. The minimum Gasteiger partial charge on any atom is -0.494 e. The van der Waals surface area contributed by atoms with Crippen LogP contribution in [0.4, 0.5) is 0 Å². The Morgan fingerprint density at radius 1 is 0.654 bits per heavy atom. The number of hydrogen-bond acceptors (Lipinski definition) is 1. The summed E-state index contributed by atoms with van der Waals surface area (Å²) >= 11 is 0. The third kappa shape index (κ3) is 5.23. The minimum atomic E-state index is 0.797. The smallest absolute Gasteiger partial charge is 0.119 e. The van der Waals surface area contributed by atoms with E-state index in [4.69, 9.17) is 4.74 Å². The van der Waals surface area contributed by atoms with Crippen molar-refractivity contribution in [1.29, 1.82) is 0 Å². The van der Waals surface area contributed by atoms with E-state index in [0.29, 0.717) is 0 Å². The van der Waals surface area contributed by atoms with Gasteiger partial charge in [-0.05, 0) is 60.6 Å². The van der Waals surface area contributed by atoms with Gasteiger partial charge in [0.2, 0.25) is 0 Å². The van der Waals surface area contributed by atoms with E-state index in [1.165, 1.54) is 27.8 Å². The zero-order valence-corrected chi connectivity index (χ0v) is 15.9. The molecule has 0 amide bonds. The lowest BCUT2D eigenvalue weighted by Crippen LogP contribution is -1.96. The molecule has 0 saturated carbocycles.